The maximum absolute atomic E-state index is 11.4. The monoisotopic (exact) mass is 296 g/mol. The molecule has 0 saturated carbocycles. The molecule has 2 aromatic rings. The van der Waals surface area contributed by atoms with Gasteiger partial charge in [-0.15, -0.1) is 0 Å². The molecule has 3 rings (SSSR count). The highest BCUT2D eigenvalue weighted by Crippen LogP contribution is 2.23. The van der Waals surface area contributed by atoms with Gasteiger partial charge in [0.1, 0.15) is 6.10 Å². The summed E-state index contributed by atoms with van der Waals surface area (Å²) >= 11 is 0. The van der Waals surface area contributed by atoms with Gasteiger partial charge in [-0.25, -0.2) is 0 Å². The van der Waals surface area contributed by atoms with Gasteiger partial charge in [0.2, 0.25) is 0 Å². The average molecular weight is 296 g/mol. The van der Waals surface area contributed by atoms with Crippen LogP contribution in [0.25, 0.3) is 0 Å². The second-order valence-electron chi connectivity index (χ2n) is 5.59. The third kappa shape index (κ3) is 3.95. The van der Waals surface area contributed by atoms with Crippen LogP contribution in [-0.2, 0) is 27.3 Å². The third-order valence-electron chi connectivity index (χ3n) is 3.92. The Bertz CT molecular complexity index is 595. The molecule has 1 saturated heterocycles. The quantitative estimate of drug-likeness (QED) is 0.765. The molecule has 3 heteroatoms. The number of carbonyl (C=O) groups excluding carboxylic acids is 1. The van der Waals surface area contributed by atoms with Crippen molar-refractivity contribution < 1.29 is 14.3 Å². The first kappa shape index (κ1) is 14.8. The summed E-state index contributed by atoms with van der Waals surface area (Å²) in [6.45, 7) is 0.534. The van der Waals surface area contributed by atoms with Gasteiger partial charge in [-0.1, -0.05) is 60.7 Å². The zero-order chi connectivity index (χ0) is 15.2. The molecule has 22 heavy (non-hydrogen) atoms. The number of benzene rings is 2. The van der Waals surface area contributed by atoms with Gasteiger partial charge in [-0.3, -0.25) is 4.79 Å². The smallest absolute Gasteiger partial charge is 0.306 e. The van der Waals surface area contributed by atoms with Gasteiger partial charge in [0, 0.05) is 12.8 Å². The number of rotatable bonds is 6. The molecule has 0 unspecified atom stereocenters. The highest BCUT2D eigenvalue weighted by Gasteiger charge is 2.31. The van der Waals surface area contributed by atoms with Gasteiger partial charge >= 0.3 is 5.97 Å². The minimum Gasteiger partial charge on any atom is -0.460 e. The fraction of sp³-hybridized carbons (Fsp3) is 0.316. The van der Waals surface area contributed by atoms with Crippen molar-refractivity contribution in [2.75, 3.05) is 0 Å². The summed E-state index contributed by atoms with van der Waals surface area (Å²) < 4.78 is 11.5. The number of ether oxygens (including phenoxy) is 2. The summed E-state index contributed by atoms with van der Waals surface area (Å²) in [5, 5.41) is 0. The van der Waals surface area contributed by atoms with E-state index in [0.29, 0.717) is 13.0 Å². The zero-order valence-electron chi connectivity index (χ0n) is 12.5. The highest BCUT2D eigenvalue weighted by atomic mass is 16.6. The molecule has 1 heterocycles. The van der Waals surface area contributed by atoms with E-state index in [1.54, 1.807) is 0 Å². The molecule has 114 valence electrons. The molecule has 0 aliphatic carbocycles. The summed E-state index contributed by atoms with van der Waals surface area (Å²) in [5.74, 6) is -0.119. The van der Waals surface area contributed by atoms with Crippen molar-refractivity contribution in [1.82, 2.24) is 0 Å². The Labute approximate surface area is 130 Å². The van der Waals surface area contributed by atoms with E-state index in [2.05, 4.69) is 12.1 Å². The highest BCUT2D eigenvalue weighted by molar-refractivity contribution is 5.71. The molecular weight excluding hydrogens is 276 g/mol. The van der Waals surface area contributed by atoms with Crippen LogP contribution in [0, 0.1) is 0 Å². The van der Waals surface area contributed by atoms with Crippen LogP contribution in [0.15, 0.2) is 60.7 Å². The van der Waals surface area contributed by atoms with E-state index >= 15 is 0 Å². The first-order valence-corrected chi connectivity index (χ1v) is 7.70. The molecule has 3 nitrogen and oxygen atoms in total. The lowest BCUT2D eigenvalue weighted by Gasteiger charge is -2.23. The number of hydrogen-bond acceptors (Lipinski definition) is 3. The van der Waals surface area contributed by atoms with Gasteiger partial charge in [-0.05, 0) is 17.5 Å². The van der Waals surface area contributed by atoms with E-state index in [0.717, 1.165) is 18.4 Å². The Morgan fingerprint density at radius 1 is 1.00 bits per heavy atom. The predicted octanol–water partition coefficient (Wildman–Crippen LogP) is 3.52. The molecule has 0 spiro atoms. The van der Waals surface area contributed by atoms with Crippen LogP contribution in [-0.4, -0.2) is 18.2 Å². The van der Waals surface area contributed by atoms with Gasteiger partial charge in [0.15, 0.2) is 0 Å². The molecule has 1 aliphatic rings. The van der Waals surface area contributed by atoms with Crippen molar-refractivity contribution in [3.05, 3.63) is 71.8 Å². The second kappa shape index (κ2) is 7.23. The second-order valence-corrected chi connectivity index (χ2v) is 5.59. The van der Waals surface area contributed by atoms with E-state index < -0.39 is 0 Å². The van der Waals surface area contributed by atoms with Crippen LogP contribution >= 0.6 is 0 Å². The molecule has 2 atom stereocenters. The van der Waals surface area contributed by atoms with Crippen molar-refractivity contribution in [1.29, 1.82) is 0 Å². The Hall–Kier alpha value is -2.13. The number of carbonyl (C=O) groups is 1. The van der Waals surface area contributed by atoms with Crippen molar-refractivity contribution in [3.8, 4) is 0 Å². The van der Waals surface area contributed by atoms with Crippen molar-refractivity contribution in [2.24, 2.45) is 0 Å². The molecule has 0 amide bonds. The third-order valence-corrected chi connectivity index (χ3v) is 3.92. The van der Waals surface area contributed by atoms with E-state index in [1.165, 1.54) is 5.56 Å². The Balaban J connectivity index is 1.67. The van der Waals surface area contributed by atoms with Crippen LogP contribution in [0.2, 0.25) is 0 Å². The molecular formula is C19H20O3. The lowest BCUT2D eigenvalue weighted by Crippen LogP contribution is -2.31. The van der Waals surface area contributed by atoms with Crippen molar-refractivity contribution in [2.45, 2.75) is 38.1 Å². The summed E-state index contributed by atoms with van der Waals surface area (Å²) in [6.07, 6.45) is 1.74. The minimum absolute atomic E-state index is 0.103. The summed E-state index contributed by atoms with van der Waals surface area (Å²) in [5.41, 5.74) is 2.33. The van der Waals surface area contributed by atoms with Crippen LogP contribution in [0.5, 0.6) is 0 Å². The maximum atomic E-state index is 11.4. The Morgan fingerprint density at radius 3 is 2.23 bits per heavy atom. The van der Waals surface area contributed by atoms with E-state index in [9.17, 15) is 4.79 Å². The SMILES string of the molecule is O=C1CC[C@@H]([C@H](Cc2ccccc2)OCc2ccccc2)O1. The molecule has 1 aliphatic heterocycles. The predicted molar refractivity (Wildman–Crippen MR) is 84.3 cm³/mol. The van der Waals surface area contributed by atoms with Crippen molar-refractivity contribution >= 4 is 5.97 Å². The van der Waals surface area contributed by atoms with Crippen LogP contribution in [0.1, 0.15) is 24.0 Å². The topological polar surface area (TPSA) is 35.5 Å². The van der Waals surface area contributed by atoms with Crippen molar-refractivity contribution in [3.63, 3.8) is 0 Å². The largest absolute Gasteiger partial charge is 0.460 e. The summed E-state index contributed by atoms with van der Waals surface area (Å²) in [7, 11) is 0. The Kier molecular flexibility index (Phi) is 4.86. The maximum Gasteiger partial charge on any atom is 0.306 e. The first-order valence-electron chi connectivity index (χ1n) is 7.70. The van der Waals surface area contributed by atoms with Crippen LogP contribution in [0.4, 0.5) is 0 Å². The van der Waals surface area contributed by atoms with E-state index in [4.69, 9.17) is 9.47 Å². The van der Waals surface area contributed by atoms with Gasteiger partial charge in [-0.2, -0.15) is 0 Å². The molecule has 0 radical (unpaired) electrons. The van der Waals surface area contributed by atoms with E-state index in [1.807, 2.05) is 48.5 Å². The fourth-order valence-electron chi connectivity index (χ4n) is 2.73. The lowest BCUT2D eigenvalue weighted by atomic mass is 10.0. The van der Waals surface area contributed by atoms with E-state index in [-0.39, 0.29) is 18.2 Å². The minimum atomic E-state index is -0.142. The fourth-order valence-corrected chi connectivity index (χ4v) is 2.73. The molecule has 0 aromatic heterocycles. The first-order chi connectivity index (χ1) is 10.8. The number of hydrogen-bond donors (Lipinski definition) is 0. The van der Waals surface area contributed by atoms with Gasteiger partial charge < -0.3 is 9.47 Å². The summed E-state index contributed by atoms with van der Waals surface area (Å²) in [4.78, 5) is 11.4. The summed E-state index contributed by atoms with van der Waals surface area (Å²) in [6, 6.07) is 20.3. The normalized spacial score (nSPS) is 18.9. The molecule has 0 N–H and O–H groups in total. The van der Waals surface area contributed by atoms with Gasteiger partial charge in [0.25, 0.3) is 0 Å². The van der Waals surface area contributed by atoms with Crippen LogP contribution in [0.3, 0.4) is 0 Å². The number of esters is 1. The number of cyclic esters (lactones) is 1. The zero-order valence-corrected chi connectivity index (χ0v) is 12.5. The standard InChI is InChI=1S/C19H20O3/c20-19-12-11-17(22-19)18(13-15-7-3-1-4-8-15)21-14-16-9-5-2-6-10-16/h1-10,17-18H,11-14H2/t17-,18-/m0/s1. The average Bonchev–Trinajstić information content (AvgIpc) is 3.00. The molecule has 1 fully saturated rings. The molecule has 2 aromatic carbocycles. The lowest BCUT2D eigenvalue weighted by molar-refractivity contribution is -0.147. The van der Waals surface area contributed by atoms with Gasteiger partial charge in [0.05, 0.1) is 12.7 Å². The van der Waals surface area contributed by atoms with Crippen LogP contribution < -0.4 is 0 Å². The molecule has 0 bridgehead atoms. The Morgan fingerprint density at radius 2 is 1.64 bits per heavy atom.